The van der Waals surface area contributed by atoms with Crippen LogP contribution in [0.25, 0.3) is 0 Å². The van der Waals surface area contributed by atoms with E-state index < -0.39 is 10.0 Å². The summed E-state index contributed by atoms with van der Waals surface area (Å²) >= 11 is 0. The molecule has 130 valence electrons. The Labute approximate surface area is 142 Å². The standard InChI is InChI=1S/C14H21N3O4S.ClH/c1-10(2)17-22(19,20)12-5-3-11(4-6-12)16-14(18)13-9-21-8-7-15-13;/h3-6,10,13,15,17H,7-9H2,1-2H3,(H,16,18);1H. The zero-order chi connectivity index (χ0) is 16.2. The van der Waals surface area contributed by atoms with Crippen LogP contribution in [0.1, 0.15) is 13.8 Å². The molecule has 1 fully saturated rings. The minimum Gasteiger partial charge on any atom is -0.378 e. The number of ether oxygens (including phenoxy) is 1. The number of rotatable bonds is 5. The maximum atomic E-state index is 12.0. The molecule has 0 aromatic heterocycles. The lowest BCUT2D eigenvalue weighted by atomic mass is 10.2. The summed E-state index contributed by atoms with van der Waals surface area (Å²) in [4.78, 5) is 12.2. The van der Waals surface area contributed by atoms with Gasteiger partial charge in [0.2, 0.25) is 15.9 Å². The van der Waals surface area contributed by atoms with Gasteiger partial charge in [-0.3, -0.25) is 4.79 Å². The van der Waals surface area contributed by atoms with Gasteiger partial charge in [-0.05, 0) is 38.1 Å². The van der Waals surface area contributed by atoms with Crippen molar-refractivity contribution in [1.29, 1.82) is 0 Å². The van der Waals surface area contributed by atoms with Crippen LogP contribution in [-0.2, 0) is 19.6 Å². The van der Waals surface area contributed by atoms with Gasteiger partial charge in [0.25, 0.3) is 0 Å². The van der Waals surface area contributed by atoms with Gasteiger partial charge in [-0.1, -0.05) is 0 Å². The summed E-state index contributed by atoms with van der Waals surface area (Å²) in [6.07, 6.45) is 0. The Bertz CT molecular complexity index is 613. The van der Waals surface area contributed by atoms with Gasteiger partial charge in [-0.25, -0.2) is 13.1 Å². The Hall–Kier alpha value is -1.19. The van der Waals surface area contributed by atoms with Gasteiger partial charge in [0.1, 0.15) is 6.04 Å². The van der Waals surface area contributed by atoms with E-state index in [0.29, 0.717) is 25.4 Å². The second-order valence-electron chi connectivity index (χ2n) is 5.37. The second-order valence-corrected chi connectivity index (χ2v) is 7.09. The van der Waals surface area contributed by atoms with Crippen LogP contribution in [0, 0.1) is 0 Å². The number of halogens is 1. The van der Waals surface area contributed by atoms with Crippen LogP contribution in [0.3, 0.4) is 0 Å². The number of carbonyl (C=O) groups excluding carboxylic acids is 1. The number of hydrogen-bond donors (Lipinski definition) is 3. The predicted octanol–water partition coefficient (Wildman–Crippen LogP) is 0.722. The van der Waals surface area contributed by atoms with E-state index in [-0.39, 0.29) is 35.3 Å². The van der Waals surface area contributed by atoms with Crippen molar-refractivity contribution in [2.45, 2.75) is 30.8 Å². The van der Waals surface area contributed by atoms with Crippen LogP contribution in [0.4, 0.5) is 5.69 Å². The van der Waals surface area contributed by atoms with Crippen LogP contribution in [0.5, 0.6) is 0 Å². The molecule has 1 heterocycles. The molecule has 0 bridgehead atoms. The number of hydrogen-bond acceptors (Lipinski definition) is 5. The highest BCUT2D eigenvalue weighted by Gasteiger charge is 2.21. The molecule has 1 aliphatic rings. The zero-order valence-electron chi connectivity index (χ0n) is 13.0. The maximum absolute atomic E-state index is 12.0. The molecule has 3 N–H and O–H groups in total. The summed E-state index contributed by atoms with van der Waals surface area (Å²) in [5.41, 5.74) is 0.542. The average Bonchev–Trinajstić information content (AvgIpc) is 2.47. The highest BCUT2D eigenvalue weighted by atomic mass is 35.5. The van der Waals surface area contributed by atoms with Crippen molar-refractivity contribution in [2.75, 3.05) is 25.1 Å². The molecule has 1 saturated heterocycles. The van der Waals surface area contributed by atoms with E-state index in [1.165, 1.54) is 12.1 Å². The number of anilines is 1. The fraction of sp³-hybridized carbons (Fsp3) is 0.500. The van der Waals surface area contributed by atoms with E-state index in [4.69, 9.17) is 4.74 Å². The summed E-state index contributed by atoms with van der Waals surface area (Å²) in [5.74, 6) is -0.199. The Balaban J connectivity index is 0.00000264. The third-order valence-corrected chi connectivity index (χ3v) is 4.74. The largest absolute Gasteiger partial charge is 0.378 e. The van der Waals surface area contributed by atoms with Crippen molar-refractivity contribution in [1.82, 2.24) is 10.0 Å². The molecule has 0 saturated carbocycles. The van der Waals surface area contributed by atoms with Crippen molar-refractivity contribution in [2.24, 2.45) is 0 Å². The van der Waals surface area contributed by atoms with Crippen molar-refractivity contribution in [3.63, 3.8) is 0 Å². The third-order valence-electron chi connectivity index (χ3n) is 3.06. The first kappa shape index (κ1) is 19.9. The van der Waals surface area contributed by atoms with Crippen LogP contribution in [0.15, 0.2) is 29.2 Å². The SMILES string of the molecule is CC(C)NS(=O)(=O)c1ccc(NC(=O)C2COCCN2)cc1.Cl. The number of sulfonamides is 1. The van der Waals surface area contributed by atoms with E-state index in [0.717, 1.165) is 0 Å². The fourth-order valence-electron chi connectivity index (χ4n) is 2.06. The highest BCUT2D eigenvalue weighted by Crippen LogP contribution is 2.14. The van der Waals surface area contributed by atoms with Gasteiger partial charge in [0.05, 0.1) is 18.1 Å². The fourth-order valence-corrected chi connectivity index (χ4v) is 3.31. The number of nitrogens with one attached hydrogen (secondary N) is 3. The molecule has 0 radical (unpaired) electrons. The Morgan fingerprint density at radius 2 is 1.96 bits per heavy atom. The molecule has 1 unspecified atom stereocenters. The van der Waals surface area contributed by atoms with Crippen molar-refractivity contribution in [3.05, 3.63) is 24.3 Å². The van der Waals surface area contributed by atoms with E-state index in [1.54, 1.807) is 26.0 Å². The average molecular weight is 364 g/mol. The number of morpholine rings is 1. The lowest BCUT2D eigenvalue weighted by Crippen LogP contribution is -2.48. The Morgan fingerprint density at radius 1 is 1.30 bits per heavy atom. The molecule has 7 nitrogen and oxygen atoms in total. The second kappa shape index (κ2) is 8.60. The smallest absolute Gasteiger partial charge is 0.243 e. The molecule has 2 rings (SSSR count). The van der Waals surface area contributed by atoms with Crippen LogP contribution in [0.2, 0.25) is 0 Å². The molecular formula is C14H22ClN3O4S. The first-order valence-electron chi connectivity index (χ1n) is 7.13. The molecule has 1 atom stereocenters. The van der Waals surface area contributed by atoms with Gasteiger partial charge in [-0.15, -0.1) is 12.4 Å². The number of amides is 1. The number of benzene rings is 1. The topological polar surface area (TPSA) is 96.5 Å². The van der Waals surface area contributed by atoms with Gasteiger partial charge in [0.15, 0.2) is 0 Å². The van der Waals surface area contributed by atoms with Crippen LogP contribution >= 0.6 is 12.4 Å². The molecule has 1 aromatic rings. The highest BCUT2D eigenvalue weighted by molar-refractivity contribution is 7.89. The lowest BCUT2D eigenvalue weighted by Gasteiger charge is -2.22. The van der Waals surface area contributed by atoms with Crippen LogP contribution in [-0.4, -0.2) is 46.2 Å². The molecular weight excluding hydrogens is 342 g/mol. The Morgan fingerprint density at radius 3 is 2.48 bits per heavy atom. The quantitative estimate of drug-likeness (QED) is 0.716. The molecule has 23 heavy (non-hydrogen) atoms. The summed E-state index contributed by atoms with van der Waals surface area (Å²) in [6, 6.07) is 5.49. The summed E-state index contributed by atoms with van der Waals surface area (Å²) in [6.45, 7) is 5.07. The van der Waals surface area contributed by atoms with Crippen LogP contribution < -0.4 is 15.4 Å². The van der Waals surface area contributed by atoms with Gasteiger partial charge in [0, 0.05) is 18.3 Å². The lowest BCUT2D eigenvalue weighted by molar-refractivity contribution is -0.120. The van der Waals surface area contributed by atoms with Gasteiger partial charge in [-0.2, -0.15) is 0 Å². The minimum atomic E-state index is -3.52. The van der Waals surface area contributed by atoms with Gasteiger partial charge >= 0.3 is 0 Å². The molecule has 1 amide bonds. The minimum absolute atomic E-state index is 0. The first-order valence-corrected chi connectivity index (χ1v) is 8.61. The van der Waals surface area contributed by atoms with E-state index in [2.05, 4.69) is 15.4 Å². The molecule has 0 spiro atoms. The van der Waals surface area contributed by atoms with Crippen molar-refractivity contribution < 1.29 is 17.9 Å². The summed E-state index contributed by atoms with van der Waals surface area (Å²) in [5, 5.41) is 5.79. The van der Waals surface area contributed by atoms with E-state index in [9.17, 15) is 13.2 Å². The Kier molecular flexibility index (Phi) is 7.43. The van der Waals surface area contributed by atoms with E-state index >= 15 is 0 Å². The maximum Gasteiger partial charge on any atom is 0.243 e. The predicted molar refractivity (Wildman–Crippen MR) is 90.4 cm³/mol. The number of carbonyl (C=O) groups is 1. The van der Waals surface area contributed by atoms with Crippen molar-refractivity contribution >= 4 is 34.0 Å². The van der Waals surface area contributed by atoms with Gasteiger partial charge < -0.3 is 15.4 Å². The third kappa shape index (κ3) is 5.74. The molecule has 9 heteroatoms. The normalized spacial score (nSPS) is 18.3. The molecule has 1 aromatic carbocycles. The molecule has 1 aliphatic heterocycles. The summed E-state index contributed by atoms with van der Waals surface area (Å²) < 4.78 is 31.7. The first-order chi connectivity index (χ1) is 10.4. The monoisotopic (exact) mass is 363 g/mol. The van der Waals surface area contributed by atoms with Crippen molar-refractivity contribution in [3.8, 4) is 0 Å². The van der Waals surface area contributed by atoms with E-state index in [1.807, 2.05) is 0 Å². The summed E-state index contributed by atoms with van der Waals surface area (Å²) in [7, 11) is -3.52. The zero-order valence-corrected chi connectivity index (χ0v) is 14.7. The molecule has 0 aliphatic carbocycles.